The van der Waals surface area contributed by atoms with Gasteiger partial charge in [0.2, 0.25) is 11.8 Å². The van der Waals surface area contributed by atoms with E-state index in [1.807, 2.05) is 74.5 Å². The molecule has 0 saturated heterocycles. The maximum atomic E-state index is 14.8. The first-order valence-electron chi connectivity index (χ1n) is 16.7. The van der Waals surface area contributed by atoms with Gasteiger partial charge in [0, 0.05) is 29.5 Å². The van der Waals surface area contributed by atoms with Crippen LogP contribution in [0.5, 0.6) is 11.5 Å². The molecule has 0 heterocycles. The lowest BCUT2D eigenvalue weighted by Crippen LogP contribution is -2.54. The van der Waals surface area contributed by atoms with E-state index in [9.17, 15) is 18.0 Å². The molecule has 4 aromatic rings. The van der Waals surface area contributed by atoms with Crippen LogP contribution in [0.1, 0.15) is 47.9 Å². The zero-order valence-electron chi connectivity index (χ0n) is 28.9. The molecule has 1 N–H and O–H groups in total. The van der Waals surface area contributed by atoms with E-state index in [2.05, 4.69) is 21.2 Å². The van der Waals surface area contributed by atoms with Crippen LogP contribution in [-0.2, 0) is 32.6 Å². The van der Waals surface area contributed by atoms with Crippen molar-refractivity contribution in [3.05, 3.63) is 118 Å². The van der Waals surface area contributed by atoms with Crippen LogP contribution in [0, 0.1) is 13.8 Å². The number of nitrogens with one attached hydrogen (secondary N) is 1. The van der Waals surface area contributed by atoms with Gasteiger partial charge in [-0.2, -0.15) is 0 Å². The molecule has 264 valence electrons. The van der Waals surface area contributed by atoms with Crippen molar-refractivity contribution >= 4 is 43.5 Å². The van der Waals surface area contributed by atoms with Crippen LogP contribution in [0.2, 0.25) is 0 Å². The van der Waals surface area contributed by atoms with Crippen LogP contribution in [0.3, 0.4) is 0 Å². The molecule has 1 saturated carbocycles. The Hall–Kier alpha value is -4.35. The number of aryl methyl sites for hydroxylation is 2. The lowest BCUT2D eigenvalue weighted by molar-refractivity contribution is -0.140. The average Bonchev–Trinajstić information content (AvgIpc) is 3.62. The Balaban J connectivity index is 1.60. The minimum Gasteiger partial charge on any atom is -0.493 e. The quantitative estimate of drug-likeness (QED) is 0.149. The molecule has 4 aromatic carbocycles. The molecular weight excluding hydrogens is 718 g/mol. The van der Waals surface area contributed by atoms with E-state index in [1.54, 1.807) is 12.1 Å². The fourth-order valence-electron chi connectivity index (χ4n) is 6.44. The molecule has 50 heavy (non-hydrogen) atoms. The molecule has 1 atom stereocenters. The highest BCUT2D eigenvalue weighted by molar-refractivity contribution is 9.10. The summed E-state index contributed by atoms with van der Waals surface area (Å²) in [5, 5.41) is 3.21. The van der Waals surface area contributed by atoms with Gasteiger partial charge in [-0.3, -0.25) is 13.9 Å². The molecule has 1 fully saturated rings. The Morgan fingerprint density at radius 2 is 1.48 bits per heavy atom. The molecule has 0 bridgehead atoms. The standard InChI is InChI=1S/C39H44BrN3O6S/c1-27-20-28(2)22-33(21-27)43(50(46,47)34-18-19-36(48-3)37(24-34)49-4)26-38(44)42(25-30-14-16-31(40)17-15-30)35(23-29-10-6-5-7-11-29)39(45)41-32-12-8-9-13-32/h5-7,10-11,14-22,24,32,35H,8-9,12-13,23,25-26H2,1-4H3,(H,41,45). The van der Waals surface area contributed by atoms with Crippen molar-refractivity contribution in [1.82, 2.24) is 10.2 Å². The number of methoxy groups -OCH3 is 2. The smallest absolute Gasteiger partial charge is 0.264 e. The predicted octanol–water partition coefficient (Wildman–Crippen LogP) is 6.98. The molecule has 5 rings (SSSR count). The van der Waals surface area contributed by atoms with Gasteiger partial charge in [0.05, 0.1) is 24.8 Å². The van der Waals surface area contributed by atoms with Crippen molar-refractivity contribution < 1.29 is 27.5 Å². The van der Waals surface area contributed by atoms with Crippen molar-refractivity contribution in [1.29, 1.82) is 0 Å². The number of nitrogens with zero attached hydrogens (tertiary/aromatic N) is 2. The second-order valence-corrected chi connectivity index (χ2v) is 15.5. The molecular formula is C39H44BrN3O6S. The summed E-state index contributed by atoms with van der Waals surface area (Å²) in [5.41, 5.74) is 3.70. The maximum Gasteiger partial charge on any atom is 0.264 e. The number of hydrogen-bond donors (Lipinski definition) is 1. The number of anilines is 1. The minimum absolute atomic E-state index is 0.0302. The zero-order chi connectivity index (χ0) is 35.8. The second-order valence-electron chi connectivity index (χ2n) is 12.7. The predicted molar refractivity (Wildman–Crippen MR) is 199 cm³/mol. The van der Waals surface area contributed by atoms with E-state index in [0.717, 1.165) is 56.7 Å². The summed E-state index contributed by atoms with van der Waals surface area (Å²) in [5.74, 6) is -0.160. The highest BCUT2D eigenvalue weighted by Gasteiger charge is 2.36. The highest BCUT2D eigenvalue weighted by atomic mass is 79.9. The minimum atomic E-state index is -4.33. The Kier molecular flexibility index (Phi) is 12.2. The lowest BCUT2D eigenvalue weighted by atomic mass is 10.0. The average molecular weight is 763 g/mol. The number of benzene rings is 4. The van der Waals surface area contributed by atoms with Crippen LogP contribution in [-0.4, -0.2) is 58.0 Å². The number of hydrogen-bond acceptors (Lipinski definition) is 6. The van der Waals surface area contributed by atoms with E-state index < -0.39 is 28.5 Å². The molecule has 0 aromatic heterocycles. The van der Waals surface area contributed by atoms with E-state index in [4.69, 9.17) is 9.47 Å². The fraction of sp³-hybridized carbons (Fsp3) is 0.333. The maximum absolute atomic E-state index is 14.8. The second kappa shape index (κ2) is 16.6. The molecule has 1 aliphatic carbocycles. The Bertz CT molecular complexity index is 1880. The van der Waals surface area contributed by atoms with E-state index in [1.165, 1.54) is 37.3 Å². The van der Waals surface area contributed by atoms with Gasteiger partial charge >= 0.3 is 0 Å². The first-order chi connectivity index (χ1) is 24.0. The first-order valence-corrected chi connectivity index (χ1v) is 18.9. The third-order valence-electron chi connectivity index (χ3n) is 8.96. The number of amides is 2. The van der Waals surface area contributed by atoms with Gasteiger partial charge in [-0.15, -0.1) is 0 Å². The molecule has 9 nitrogen and oxygen atoms in total. The number of ether oxygens (including phenoxy) is 2. The van der Waals surface area contributed by atoms with Gasteiger partial charge in [0.1, 0.15) is 12.6 Å². The molecule has 0 radical (unpaired) electrons. The molecule has 1 unspecified atom stereocenters. The first kappa shape index (κ1) is 36.9. The normalized spacial score (nSPS) is 13.8. The monoisotopic (exact) mass is 761 g/mol. The molecule has 2 amide bonds. The number of carbonyl (C=O) groups is 2. The highest BCUT2D eigenvalue weighted by Crippen LogP contribution is 2.33. The summed E-state index contributed by atoms with van der Waals surface area (Å²) >= 11 is 3.48. The Morgan fingerprint density at radius 3 is 2.10 bits per heavy atom. The largest absolute Gasteiger partial charge is 0.493 e. The van der Waals surface area contributed by atoms with E-state index in [0.29, 0.717) is 11.4 Å². The fourth-order valence-corrected chi connectivity index (χ4v) is 8.11. The van der Waals surface area contributed by atoms with Gasteiger partial charge in [0.15, 0.2) is 11.5 Å². The Labute approximate surface area is 303 Å². The summed E-state index contributed by atoms with van der Waals surface area (Å²) in [7, 11) is -1.43. The van der Waals surface area contributed by atoms with Crippen LogP contribution < -0.4 is 19.1 Å². The third-order valence-corrected chi connectivity index (χ3v) is 11.3. The van der Waals surface area contributed by atoms with Crippen molar-refractivity contribution in [2.75, 3.05) is 25.1 Å². The summed E-state index contributed by atoms with van der Waals surface area (Å²) in [4.78, 5) is 30.5. The number of sulfonamides is 1. The Morgan fingerprint density at radius 1 is 0.840 bits per heavy atom. The van der Waals surface area contributed by atoms with Gasteiger partial charge in [-0.25, -0.2) is 8.42 Å². The van der Waals surface area contributed by atoms with Crippen LogP contribution in [0.15, 0.2) is 100 Å². The lowest BCUT2D eigenvalue weighted by Gasteiger charge is -2.34. The van der Waals surface area contributed by atoms with E-state index >= 15 is 0 Å². The summed E-state index contributed by atoms with van der Waals surface area (Å²) < 4.78 is 41.9. The van der Waals surface area contributed by atoms with Crippen molar-refractivity contribution in [2.24, 2.45) is 0 Å². The summed E-state index contributed by atoms with van der Waals surface area (Å²) in [6.45, 7) is 3.31. The van der Waals surface area contributed by atoms with Crippen molar-refractivity contribution in [2.45, 2.75) is 69.5 Å². The third kappa shape index (κ3) is 9.05. The van der Waals surface area contributed by atoms with Gasteiger partial charge in [-0.1, -0.05) is 77.3 Å². The van der Waals surface area contributed by atoms with Crippen LogP contribution >= 0.6 is 15.9 Å². The van der Waals surface area contributed by atoms with Crippen molar-refractivity contribution in [3.8, 4) is 11.5 Å². The summed E-state index contributed by atoms with van der Waals surface area (Å²) in [6, 6.07) is 26.0. The molecule has 11 heteroatoms. The molecule has 1 aliphatic rings. The SMILES string of the molecule is COc1ccc(S(=O)(=O)N(CC(=O)N(Cc2ccc(Br)cc2)C(Cc2ccccc2)C(=O)NC2CCCC2)c2cc(C)cc(C)c2)cc1OC. The van der Waals surface area contributed by atoms with Crippen molar-refractivity contribution in [3.63, 3.8) is 0 Å². The topological polar surface area (TPSA) is 105 Å². The number of halogens is 1. The van der Waals surface area contributed by atoms with Gasteiger partial charge in [-0.05, 0) is 85.3 Å². The van der Waals surface area contributed by atoms with Crippen LogP contribution in [0.4, 0.5) is 5.69 Å². The number of carbonyl (C=O) groups excluding carboxylic acids is 2. The molecule has 0 aliphatic heterocycles. The zero-order valence-corrected chi connectivity index (χ0v) is 31.3. The van der Waals surface area contributed by atoms with Gasteiger partial charge in [0.25, 0.3) is 10.0 Å². The van der Waals surface area contributed by atoms with Gasteiger partial charge < -0.3 is 19.7 Å². The summed E-state index contributed by atoms with van der Waals surface area (Å²) in [6.07, 6.45) is 4.10. The van der Waals surface area contributed by atoms with Crippen LogP contribution in [0.25, 0.3) is 0 Å². The molecule has 0 spiro atoms. The van der Waals surface area contributed by atoms with E-state index in [-0.39, 0.29) is 35.6 Å². The number of rotatable bonds is 14.